The first kappa shape index (κ1) is 18.0. The summed E-state index contributed by atoms with van der Waals surface area (Å²) in [6.45, 7) is 1.73. The Morgan fingerprint density at radius 2 is 2.00 bits per heavy atom. The number of rotatable bonds is 6. The molecule has 6 nitrogen and oxygen atoms in total. The molecule has 0 atom stereocenters. The third-order valence-corrected chi connectivity index (χ3v) is 4.10. The van der Waals surface area contributed by atoms with Crippen LogP contribution in [0.1, 0.15) is 45.4 Å². The van der Waals surface area contributed by atoms with E-state index in [0.717, 1.165) is 25.7 Å². The molecule has 0 saturated heterocycles. The fourth-order valence-electron chi connectivity index (χ4n) is 2.78. The predicted octanol–water partition coefficient (Wildman–Crippen LogP) is 3.10. The Morgan fingerprint density at radius 1 is 1.25 bits per heavy atom. The first-order chi connectivity index (χ1) is 11.6. The molecule has 0 bridgehead atoms. The number of nitrogens with one attached hydrogen (secondary N) is 2. The number of anilines is 1. The lowest BCUT2D eigenvalue weighted by molar-refractivity contribution is -0.126. The number of amides is 2. The zero-order valence-electron chi connectivity index (χ0n) is 14.3. The Balaban J connectivity index is 1.80. The van der Waals surface area contributed by atoms with Gasteiger partial charge in [-0.25, -0.2) is 5.43 Å². The molecule has 1 aromatic rings. The quantitative estimate of drug-likeness (QED) is 0.621. The normalized spacial score (nSPS) is 15.7. The molecule has 24 heavy (non-hydrogen) atoms. The van der Waals surface area contributed by atoms with E-state index in [4.69, 9.17) is 4.74 Å². The van der Waals surface area contributed by atoms with Crippen molar-refractivity contribution in [3.05, 3.63) is 24.3 Å². The van der Waals surface area contributed by atoms with Gasteiger partial charge in [0, 0.05) is 23.4 Å². The van der Waals surface area contributed by atoms with Gasteiger partial charge in [0.25, 0.3) is 0 Å². The maximum atomic E-state index is 12.0. The largest absolute Gasteiger partial charge is 0.497 e. The number of hydrogen-bond donors (Lipinski definition) is 2. The van der Waals surface area contributed by atoms with Crippen LogP contribution < -0.4 is 15.5 Å². The van der Waals surface area contributed by atoms with Gasteiger partial charge in [0.1, 0.15) is 5.75 Å². The minimum Gasteiger partial charge on any atom is -0.497 e. The summed E-state index contributed by atoms with van der Waals surface area (Å²) in [6.07, 6.45) is 5.39. The third-order valence-electron chi connectivity index (χ3n) is 4.10. The van der Waals surface area contributed by atoms with E-state index in [-0.39, 0.29) is 24.2 Å². The fraction of sp³-hybridized carbons (Fsp3) is 0.500. The van der Waals surface area contributed by atoms with Gasteiger partial charge >= 0.3 is 0 Å². The van der Waals surface area contributed by atoms with Crippen LogP contribution in [0, 0.1) is 5.92 Å². The zero-order chi connectivity index (χ0) is 17.4. The van der Waals surface area contributed by atoms with Gasteiger partial charge in [0.05, 0.1) is 13.5 Å². The molecule has 2 rings (SSSR count). The molecular formula is C18H25N3O3. The number of hydrazone groups is 1. The fourth-order valence-corrected chi connectivity index (χ4v) is 2.78. The average molecular weight is 331 g/mol. The van der Waals surface area contributed by atoms with Crippen molar-refractivity contribution in [1.29, 1.82) is 0 Å². The summed E-state index contributed by atoms with van der Waals surface area (Å²) in [7, 11) is 1.58. The summed E-state index contributed by atoms with van der Waals surface area (Å²) in [5.41, 5.74) is 3.82. The first-order valence-electron chi connectivity index (χ1n) is 8.35. The number of methoxy groups -OCH3 is 1. The Labute approximate surface area is 142 Å². The number of benzene rings is 1. The van der Waals surface area contributed by atoms with Gasteiger partial charge < -0.3 is 10.1 Å². The number of ether oxygens (including phenoxy) is 1. The molecule has 1 fully saturated rings. The van der Waals surface area contributed by atoms with Gasteiger partial charge in [-0.15, -0.1) is 0 Å². The lowest BCUT2D eigenvalue weighted by Gasteiger charge is -2.19. The summed E-state index contributed by atoms with van der Waals surface area (Å²) >= 11 is 0. The monoisotopic (exact) mass is 331 g/mol. The van der Waals surface area contributed by atoms with Gasteiger partial charge in [-0.2, -0.15) is 5.10 Å². The Hall–Kier alpha value is -2.37. The van der Waals surface area contributed by atoms with E-state index in [1.807, 2.05) is 6.07 Å². The van der Waals surface area contributed by atoms with Crippen molar-refractivity contribution in [2.24, 2.45) is 11.0 Å². The van der Waals surface area contributed by atoms with Gasteiger partial charge in [-0.3, -0.25) is 9.59 Å². The minimum atomic E-state index is -0.184. The van der Waals surface area contributed by atoms with Crippen LogP contribution in [-0.2, 0) is 9.59 Å². The van der Waals surface area contributed by atoms with E-state index < -0.39 is 0 Å². The second-order valence-electron chi connectivity index (χ2n) is 6.11. The van der Waals surface area contributed by atoms with E-state index in [1.165, 1.54) is 6.42 Å². The van der Waals surface area contributed by atoms with Gasteiger partial charge in [0.2, 0.25) is 11.8 Å². The molecular weight excluding hydrogens is 306 g/mol. The molecule has 0 aliphatic heterocycles. The van der Waals surface area contributed by atoms with Crippen LogP contribution in [-0.4, -0.2) is 24.6 Å². The van der Waals surface area contributed by atoms with Crippen LogP contribution in [0.4, 0.5) is 5.69 Å². The van der Waals surface area contributed by atoms with Crippen molar-refractivity contribution < 1.29 is 14.3 Å². The molecule has 0 unspecified atom stereocenters. The van der Waals surface area contributed by atoms with E-state index in [1.54, 1.807) is 32.2 Å². The van der Waals surface area contributed by atoms with Gasteiger partial charge in [0.15, 0.2) is 0 Å². The molecule has 6 heteroatoms. The molecule has 1 aromatic carbocycles. The highest BCUT2D eigenvalue weighted by atomic mass is 16.5. The summed E-state index contributed by atoms with van der Waals surface area (Å²) in [4.78, 5) is 24.0. The predicted molar refractivity (Wildman–Crippen MR) is 94.1 cm³/mol. The molecule has 1 saturated carbocycles. The van der Waals surface area contributed by atoms with Crippen molar-refractivity contribution in [2.75, 3.05) is 12.4 Å². The lowest BCUT2D eigenvalue weighted by Crippen LogP contribution is -2.29. The van der Waals surface area contributed by atoms with E-state index in [0.29, 0.717) is 17.1 Å². The highest BCUT2D eigenvalue weighted by Crippen LogP contribution is 2.23. The van der Waals surface area contributed by atoms with Crippen LogP contribution >= 0.6 is 0 Å². The molecule has 130 valence electrons. The minimum absolute atomic E-state index is 0.0396. The van der Waals surface area contributed by atoms with E-state index >= 15 is 0 Å². The SMILES string of the molecule is COc1cccc(NC(=O)C/C(C)=N\NC(=O)C2CCCCC2)c1. The number of hydrogen-bond acceptors (Lipinski definition) is 4. The molecule has 0 spiro atoms. The van der Waals surface area contributed by atoms with Crippen LogP contribution in [0.2, 0.25) is 0 Å². The lowest BCUT2D eigenvalue weighted by atomic mass is 9.89. The number of carbonyl (C=O) groups excluding carboxylic acids is 2. The van der Waals surface area contributed by atoms with Crippen LogP contribution in [0.3, 0.4) is 0 Å². The topological polar surface area (TPSA) is 79.8 Å². The van der Waals surface area contributed by atoms with Crippen LogP contribution in [0.25, 0.3) is 0 Å². The molecule has 2 amide bonds. The van der Waals surface area contributed by atoms with Crippen LogP contribution in [0.5, 0.6) is 5.75 Å². The van der Waals surface area contributed by atoms with Crippen molar-refractivity contribution in [2.45, 2.75) is 45.4 Å². The molecule has 0 radical (unpaired) electrons. The second kappa shape index (κ2) is 9.05. The maximum absolute atomic E-state index is 12.0. The molecule has 1 aliphatic carbocycles. The Bertz CT molecular complexity index is 607. The molecule has 0 heterocycles. The maximum Gasteiger partial charge on any atom is 0.243 e. The van der Waals surface area contributed by atoms with Gasteiger partial charge in [-0.05, 0) is 31.9 Å². The van der Waals surface area contributed by atoms with Crippen molar-refractivity contribution >= 4 is 23.2 Å². The van der Waals surface area contributed by atoms with Crippen molar-refractivity contribution in [1.82, 2.24) is 5.43 Å². The molecule has 2 N–H and O–H groups in total. The molecule has 0 aromatic heterocycles. The summed E-state index contributed by atoms with van der Waals surface area (Å²) in [6, 6.07) is 7.15. The Kier molecular flexibility index (Phi) is 6.78. The second-order valence-corrected chi connectivity index (χ2v) is 6.11. The smallest absolute Gasteiger partial charge is 0.243 e. The standard InChI is InChI=1S/C18H25N3O3/c1-13(20-21-18(23)14-7-4-3-5-8-14)11-17(22)19-15-9-6-10-16(12-15)24-2/h6,9-10,12,14H,3-5,7-8,11H2,1-2H3,(H,19,22)(H,21,23)/b20-13-. The third kappa shape index (κ3) is 5.68. The van der Waals surface area contributed by atoms with Crippen LogP contribution in [0.15, 0.2) is 29.4 Å². The zero-order valence-corrected chi connectivity index (χ0v) is 14.3. The number of nitrogens with zero attached hydrogens (tertiary/aromatic N) is 1. The summed E-state index contributed by atoms with van der Waals surface area (Å²) in [5.74, 6) is 0.512. The van der Waals surface area contributed by atoms with Crippen molar-refractivity contribution in [3.63, 3.8) is 0 Å². The first-order valence-corrected chi connectivity index (χ1v) is 8.35. The average Bonchev–Trinajstić information content (AvgIpc) is 2.60. The van der Waals surface area contributed by atoms with E-state index in [2.05, 4.69) is 15.8 Å². The number of carbonyl (C=O) groups is 2. The summed E-state index contributed by atoms with van der Waals surface area (Å²) in [5, 5.41) is 6.83. The van der Waals surface area contributed by atoms with Crippen molar-refractivity contribution in [3.8, 4) is 5.75 Å². The Morgan fingerprint density at radius 3 is 2.71 bits per heavy atom. The van der Waals surface area contributed by atoms with Gasteiger partial charge in [-0.1, -0.05) is 25.3 Å². The molecule has 1 aliphatic rings. The highest BCUT2D eigenvalue weighted by Gasteiger charge is 2.20. The summed E-state index contributed by atoms with van der Waals surface area (Å²) < 4.78 is 5.12. The van der Waals surface area contributed by atoms with E-state index in [9.17, 15) is 9.59 Å². The highest BCUT2D eigenvalue weighted by molar-refractivity contribution is 6.05.